The molecule has 0 aliphatic rings. The summed E-state index contributed by atoms with van der Waals surface area (Å²) in [4.78, 5) is 30.0. The van der Waals surface area contributed by atoms with Crippen molar-refractivity contribution in [3.05, 3.63) is 126 Å². The maximum absolute atomic E-state index is 14.5. The number of para-hydroxylation sites is 1. The number of rotatable bonds is 15. The number of hydrogen-bond donors (Lipinski definition) is 1. The zero-order chi connectivity index (χ0) is 33.1. The summed E-state index contributed by atoms with van der Waals surface area (Å²) in [6, 6.07) is 31.0. The second kappa shape index (κ2) is 16.1. The minimum atomic E-state index is -4.19. The van der Waals surface area contributed by atoms with Crippen LogP contribution in [-0.4, -0.2) is 50.4 Å². The molecular weight excluding hydrogens is 598 g/mol. The number of amides is 2. The van der Waals surface area contributed by atoms with Gasteiger partial charge in [0.15, 0.2) is 0 Å². The van der Waals surface area contributed by atoms with E-state index in [9.17, 15) is 18.0 Å². The van der Waals surface area contributed by atoms with Gasteiger partial charge in [-0.15, -0.1) is 0 Å². The largest absolute Gasteiger partial charge is 0.494 e. The van der Waals surface area contributed by atoms with Gasteiger partial charge in [0.1, 0.15) is 18.3 Å². The van der Waals surface area contributed by atoms with E-state index in [0.29, 0.717) is 18.0 Å². The third-order valence-corrected chi connectivity index (χ3v) is 9.54. The second-order valence-corrected chi connectivity index (χ2v) is 13.1. The molecule has 0 aliphatic carbocycles. The lowest BCUT2D eigenvalue weighted by molar-refractivity contribution is -0.140. The second-order valence-electron chi connectivity index (χ2n) is 11.3. The van der Waals surface area contributed by atoms with Crippen molar-refractivity contribution in [1.82, 2.24) is 10.2 Å². The third kappa shape index (κ3) is 8.97. The topological polar surface area (TPSA) is 96.0 Å². The van der Waals surface area contributed by atoms with Gasteiger partial charge in [0.2, 0.25) is 11.8 Å². The van der Waals surface area contributed by atoms with Gasteiger partial charge in [-0.05, 0) is 74.7 Å². The van der Waals surface area contributed by atoms with Crippen molar-refractivity contribution < 1.29 is 22.7 Å². The highest BCUT2D eigenvalue weighted by Gasteiger charge is 2.35. The molecule has 0 aromatic heterocycles. The van der Waals surface area contributed by atoms with Crippen LogP contribution in [0, 0.1) is 6.92 Å². The van der Waals surface area contributed by atoms with E-state index in [1.54, 1.807) is 42.5 Å². The summed E-state index contributed by atoms with van der Waals surface area (Å²) in [5.41, 5.74) is 3.07. The van der Waals surface area contributed by atoms with Crippen molar-refractivity contribution in [3.8, 4) is 5.75 Å². The molecule has 4 aromatic carbocycles. The molecule has 2 atom stereocenters. The van der Waals surface area contributed by atoms with Gasteiger partial charge in [0.25, 0.3) is 10.0 Å². The highest BCUT2D eigenvalue weighted by molar-refractivity contribution is 7.92. The molecule has 1 N–H and O–H groups in total. The number of sulfonamides is 1. The molecule has 0 fully saturated rings. The maximum Gasteiger partial charge on any atom is 0.264 e. The van der Waals surface area contributed by atoms with Gasteiger partial charge in [0, 0.05) is 19.0 Å². The summed E-state index contributed by atoms with van der Waals surface area (Å²) >= 11 is 0. The standard InChI is InChI=1S/C37H43N3O5S/c1-5-29(4)38-37(42)35(25-30-15-9-7-10-16-30)39(26-31-17-13-14-28(3)24-31)36(41)27-40(32-18-11-8-12-19-32)46(43,44)34-22-20-33(21-23-34)45-6-2/h7-24,29,35H,5-6,25-27H2,1-4H3,(H,38,42)/t29-,35-/m0/s1. The maximum atomic E-state index is 14.5. The molecular formula is C37H43N3O5S. The fraction of sp³-hybridized carbons (Fsp3) is 0.297. The predicted octanol–water partition coefficient (Wildman–Crippen LogP) is 6.14. The van der Waals surface area contributed by atoms with Gasteiger partial charge in [-0.2, -0.15) is 0 Å². The summed E-state index contributed by atoms with van der Waals surface area (Å²) in [5.74, 6) is -0.246. The smallest absolute Gasteiger partial charge is 0.264 e. The average molecular weight is 642 g/mol. The van der Waals surface area contributed by atoms with Crippen molar-refractivity contribution in [2.75, 3.05) is 17.5 Å². The molecule has 2 amide bonds. The molecule has 0 saturated carbocycles. The summed E-state index contributed by atoms with van der Waals surface area (Å²) in [6.07, 6.45) is 0.982. The average Bonchev–Trinajstić information content (AvgIpc) is 3.06. The molecule has 8 nitrogen and oxygen atoms in total. The van der Waals surface area contributed by atoms with Crippen LogP contribution in [0.15, 0.2) is 114 Å². The first-order valence-corrected chi connectivity index (χ1v) is 17.1. The van der Waals surface area contributed by atoms with Gasteiger partial charge in [-0.1, -0.05) is 85.3 Å². The molecule has 0 heterocycles. The Morgan fingerprint density at radius 2 is 1.46 bits per heavy atom. The van der Waals surface area contributed by atoms with Crippen LogP contribution >= 0.6 is 0 Å². The van der Waals surface area contributed by atoms with Crippen LogP contribution < -0.4 is 14.4 Å². The van der Waals surface area contributed by atoms with Crippen molar-refractivity contribution in [2.45, 2.75) is 64.1 Å². The first kappa shape index (κ1) is 34.2. The lowest BCUT2D eigenvalue weighted by atomic mass is 10.0. The zero-order valence-electron chi connectivity index (χ0n) is 26.9. The molecule has 0 bridgehead atoms. The summed E-state index contributed by atoms with van der Waals surface area (Å²) in [7, 11) is -4.19. The van der Waals surface area contributed by atoms with Crippen molar-refractivity contribution in [3.63, 3.8) is 0 Å². The van der Waals surface area contributed by atoms with Crippen molar-refractivity contribution >= 4 is 27.5 Å². The number of nitrogens with one attached hydrogen (secondary N) is 1. The van der Waals surface area contributed by atoms with Gasteiger partial charge in [0.05, 0.1) is 17.2 Å². The van der Waals surface area contributed by atoms with Gasteiger partial charge >= 0.3 is 0 Å². The normalized spacial score (nSPS) is 12.5. The van der Waals surface area contributed by atoms with Crippen LogP contribution in [0.2, 0.25) is 0 Å². The predicted molar refractivity (Wildman–Crippen MR) is 182 cm³/mol. The Kier molecular flexibility index (Phi) is 12.0. The van der Waals surface area contributed by atoms with Crippen molar-refractivity contribution in [1.29, 1.82) is 0 Å². The fourth-order valence-electron chi connectivity index (χ4n) is 5.13. The molecule has 4 rings (SSSR count). The van der Waals surface area contributed by atoms with E-state index in [4.69, 9.17) is 4.74 Å². The minimum absolute atomic E-state index is 0.0215. The molecule has 0 spiro atoms. The highest BCUT2D eigenvalue weighted by Crippen LogP contribution is 2.26. The Balaban J connectivity index is 1.78. The van der Waals surface area contributed by atoms with Gasteiger partial charge in [-0.25, -0.2) is 8.42 Å². The molecule has 9 heteroatoms. The first-order valence-electron chi connectivity index (χ1n) is 15.6. The van der Waals surface area contributed by atoms with E-state index < -0.39 is 28.5 Å². The molecule has 0 aliphatic heterocycles. The van der Waals surface area contributed by atoms with Crippen LogP contribution in [0.5, 0.6) is 5.75 Å². The summed E-state index contributed by atoms with van der Waals surface area (Å²) < 4.78 is 35.0. The fourth-order valence-corrected chi connectivity index (χ4v) is 6.54. The molecule has 46 heavy (non-hydrogen) atoms. The number of aryl methyl sites for hydroxylation is 1. The number of nitrogens with zero attached hydrogens (tertiary/aromatic N) is 2. The van der Waals surface area contributed by atoms with E-state index in [1.807, 2.05) is 82.3 Å². The SMILES string of the molecule is CCOc1ccc(S(=O)(=O)N(CC(=O)N(Cc2cccc(C)c2)[C@@H](Cc2ccccc2)C(=O)N[C@@H](C)CC)c2ccccc2)cc1. The highest BCUT2D eigenvalue weighted by atomic mass is 32.2. The van der Waals surface area contributed by atoms with E-state index in [2.05, 4.69) is 5.32 Å². The number of carbonyl (C=O) groups excluding carboxylic acids is 2. The monoisotopic (exact) mass is 641 g/mol. The van der Waals surface area contributed by atoms with Crippen LogP contribution in [0.4, 0.5) is 5.69 Å². The van der Waals surface area contributed by atoms with E-state index in [0.717, 1.165) is 27.4 Å². The molecule has 0 unspecified atom stereocenters. The molecule has 4 aromatic rings. The Morgan fingerprint density at radius 1 is 0.826 bits per heavy atom. The first-order chi connectivity index (χ1) is 22.1. The van der Waals surface area contributed by atoms with Crippen molar-refractivity contribution in [2.24, 2.45) is 0 Å². The van der Waals surface area contributed by atoms with E-state index in [1.165, 1.54) is 17.0 Å². The Morgan fingerprint density at radius 3 is 2.07 bits per heavy atom. The van der Waals surface area contributed by atoms with E-state index >= 15 is 0 Å². The van der Waals surface area contributed by atoms with Crippen LogP contribution in [0.3, 0.4) is 0 Å². The Bertz CT molecular complexity index is 1680. The van der Waals surface area contributed by atoms with Crippen LogP contribution in [-0.2, 0) is 32.6 Å². The number of benzene rings is 4. The molecule has 0 radical (unpaired) electrons. The van der Waals surface area contributed by atoms with Crippen LogP contribution in [0.1, 0.15) is 43.9 Å². The lowest BCUT2D eigenvalue weighted by Crippen LogP contribution is -2.54. The number of ether oxygens (including phenoxy) is 1. The Labute approximate surface area is 273 Å². The number of carbonyl (C=O) groups is 2. The number of hydrogen-bond acceptors (Lipinski definition) is 5. The molecule has 0 saturated heterocycles. The van der Waals surface area contributed by atoms with E-state index in [-0.39, 0.29) is 29.8 Å². The summed E-state index contributed by atoms with van der Waals surface area (Å²) in [6.45, 7) is 7.78. The van der Waals surface area contributed by atoms with Gasteiger partial charge in [-0.3, -0.25) is 13.9 Å². The van der Waals surface area contributed by atoms with Gasteiger partial charge < -0.3 is 15.0 Å². The molecule has 242 valence electrons. The van der Waals surface area contributed by atoms with Crippen LogP contribution in [0.25, 0.3) is 0 Å². The minimum Gasteiger partial charge on any atom is -0.494 e. The zero-order valence-corrected chi connectivity index (χ0v) is 27.7. The Hall–Kier alpha value is -4.63. The lowest BCUT2D eigenvalue weighted by Gasteiger charge is -2.34. The quantitative estimate of drug-likeness (QED) is 0.168. The number of anilines is 1. The third-order valence-electron chi connectivity index (χ3n) is 7.75. The summed E-state index contributed by atoms with van der Waals surface area (Å²) in [5, 5.41) is 3.06.